The number of ether oxygens (including phenoxy) is 1. The highest BCUT2D eigenvalue weighted by molar-refractivity contribution is 7.85. The molecule has 4 atom stereocenters. The highest BCUT2D eigenvalue weighted by Crippen LogP contribution is 2.44. The Morgan fingerprint density at radius 1 is 1.21 bits per heavy atom. The minimum atomic E-state index is -4.75. The maximum absolute atomic E-state index is 12.0. The van der Waals surface area contributed by atoms with Gasteiger partial charge in [-0.1, -0.05) is 18.2 Å². The number of aliphatic hydroxyl groups excluding tert-OH is 3. The Hall–Kier alpha value is -2.68. The van der Waals surface area contributed by atoms with Crippen molar-refractivity contribution < 1.29 is 33.0 Å². The zero-order chi connectivity index (χ0) is 21.0. The molecular formula is C16H17N5O7S. The molecule has 0 aliphatic carbocycles. The van der Waals surface area contributed by atoms with Crippen LogP contribution in [0.5, 0.6) is 0 Å². The van der Waals surface area contributed by atoms with E-state index >= 15 is 0 Å². The van der Waals surface area contributed by atoms with E-state index in [0.717, 1.165) is 12.4 Å². The van der Waals surface area contributed by atoms with Gasteiger partial charge in [-0.15, -0.1) is 0 Å². The van der Waals surface area contributed by atoms with E-state index in [2.05, 4.69) is 15.0 Å². The summed E-state index contributed by atoms with van der Waals surface area (Å²) >= 11 is 0. The van der Waals surface area contributed by atoms with Gasteiger partial charge in [0.15, 0.2) is 11.5 Å². The Bertz CT molecular complexity index is 1180. The summed E-state index contributed by atoms with van der Waals surface area (Å²) in [7, 11) is -4.75. The van der Waals surface area contributed by atoms with Crippen LogP contribution in [0.1, 0.15) is 5.56 Å². The molecule has 0 saturated carbocycles. The average molecular weight is 423 g/mol. The van der Waals surface area contributed by atoms with Crippen LogP contribution in [0, 0.1) is 0 Å². The van der Waals surface area contributed by atoms with E-state index in [1.807, 2.05) is 0 Å². The summed E-state index contributed by atoms with van der Waals surface area (Å²) in [5.41, 5.74) is 3.74. The van der Waals surface area contributed by atoms with E-state index in [0.29, 0.717) is 0 Å². The lowest BCUT2D eigenvalue weighted by Gasteiger charge is -2.35. The number of hydrogen-bond acceptors (Lipinski definition) is 10. The van der Waals surface area contributed by atoms with E-state index in [9.17, 15) is 28.3 Å². The lowest BCUT2D eigenvalue weighted by Crippen LogP contribution is -2.47. The van der Waals surface area contributed by atoms with Crippen molar-refractivity contribution in [3.63, 3.8) is 0 Å². The average Bonchev–Trinajstić information content (AvgIpc) is 3.23. The molecule has 1 aliphatic rings. The minimum Gasteiger partial charge on any atom is -0.394 e. The monoisotopic (exact) mass is 423 g/mol. The number of nitrogen functional groups attached to an aromatic ring is 1. The van der Waals surface area contributed by atoms with E-state index in [1.54, 1.807) is 0 Å². The summed E-state index contributed by atoms with van der Waals surface area (Å²) in [6.45, 7) is -0.669. The van der Waals surface area contributed by atoms with Crippen LogP contribution in [0.15, 0.2) is 41.8 Å². The first-order valence-electron chi connectivity index (χ1n) is 8.37. The third-order valence-electron chi connectivity index (χ3n) is 4.89. The zero-order valence-electron chi connectivity index (χ0n) is 14.7. The fraction of sp³-hybridized carbons (Fsp3) is 0.312. The molecule has 29 heavy (non-hydrogen) atoms. The summed E-state index contributed by atoms with van der Waals surface area (Å²) in [5.74, 6) is 0.0266. The molecule has 0 amide bonds. The van der Waals surface area contributed by atoms with Gasteiger partial charge in [0, 0.05) is 5.56 Å². The van der Waals surface area contributed by atoms with Gasteiger partial charge < -0.3 is 25.8 Å². The van der Waals surface area contributed by atoms with E-state index in [4.69, 9.17) is 10.5 Å². The second-order valence-electron chi connectivity index (χ2n) is 6.49. The molecule has 1 fully saturated rings. The van der Waals surface area contributed by atoms with E-state index < -0.39 is 45.7 Å². The quantitative estimate of drug-likeness (QED) is 0.305. The molecule has 0 unspecified atom stereocenters. The van der Waals surface area contributed by atoms with Gasteiger partial charge in [-0.2, -0.15) is 8.42 Å². The SMILES string of the molecule is Nc1ncnc2c1ncn2[C@]1(c2ccccc2S(=O)(=O)O)O[C@H](CO)[C@@H](O)[C@H]1O. The van der Waals surface area contributed by atoms with Gasteiger partial charge in [0.05, 0.1) is 12.9 Å². The van der Waals surface area contributed by atoms with Crippen LogP contribution in [-0.2, 0) is 20.6 Å². The van der Waals surface area contributed by atoms with Crippen molar-refractivity contribution in [2.24, 2.45) is 0 Å². The molecule has 1 aliphatic heterocycles. The Morgan fingerprint density at radius 2 is 1.93 bits per heavy atom. The largest absolute Gasteiger partial charge is 0.394 e. The van der Waals surface area contributed by atoms with Crippen molar-refractivity contribution in [1.82, 2.24) is 19.5 Å². The first-order valence-corrected chi connectivity index (χ1v) is 9.81. The topological polar surface area (TPSA) is 194 Å². The maximum atomic E-state index is 12.0. The molecule has 3 heterocycles. The Balaban J connectivity index is 2.10. The Morgan fingerprint density at radius 3 is 2.59 bits per heavy atom. The lowest BCUT2D eigenvalue weighted by molar-refractivity contribution is -0.117. The molecule has 13 heteroatoms. The normalized spacial score (nSPS) is 27.5. The van der Waals surface area contributed by atoms with Crippen LogP contribution in [-0.4, -0.2) is 72.7 Å². The third-order valence-corrected chi connectivity index (χ3v) is 5.80. The van der Waals surface area contributed by atoms with Crippen molar-refractivity contribution in [3.8, 4) is 0 Å². The summed E-state index contributed by atoms with van der Waals surface area (Å²) in [6.07, 6.45) is -2.30. The van der Waals surface area contributed by atoms with Crippen LogP contribution in [0.3, 0.4) is 0 Å². The lowest BCUT2D eigenvalue weighted by atomic mass is 9.94. The number of hydrogen-bond donors (Lipinski definition) is 5. The van der Waals surface area contributed by atoms with Crippen LogP contribution in [0.4, 0.5) is 5.82 Å². The Kier molecular flexibility index (Phi) is 4.53. The standard InChI is InChI=1S/C16H17N5O7S/c17-14-11-15(19-6-18-14)21(7-20-11)16(13(24)12(23)9(5-22)28-16)8-3-1-2-4-10(8)29(25,26)27/h1-4,6-7,9,12-13,22-24H,5H2,(H2,17,18,19)(H,25,26,27)/t9-,12-,13-,16-/m1/s1. The highest BCUT2D eigenvalue weighted by atomic mass is 32.2. The molecular weight excluding hydrogens is 406 g/mol. The molecule has 6 N–H and O–H groups in total. The zero-order valence-corrected chi connectivity index (χ0v) is 15.5. The van der Waals surface area contributed by atoms with Crippen molar-refractivity contribution in [2.45, 2.75) is 28.9 Å². The number of fused-ring (bicyclic) bond motifs is 1. The first-order chi connectivity index (χ1) is 13.7. The number of aliphatic hydroxyl groups is 3. The summed E-state index contributed by atoms with van der Waals surface area (Å²) < 4.78 is 40.8. The molecule has 4 rings (SSSR count). The number of aromatic nitrogens is 4. The Labute approximate surface area is 164 Å². The predicted octanol–water partition coefficient (Wildman–Crippen LogP) is -1.53. The van der Waals surface area contributed by atoms with Crippen LogP contribution < -0.4 is 5.73 Å². The summed E-state index contributed by atoms with van der Waals surface area (Å²) in [4.78, 5) is 11.4. The predicted molar refractivity (Wildman–Crippen MR) is 97.0 cm³/mol. The van der Waals surface area contributed by atoms with Crippen molar-refractivity contribution in [2.75, 3.05) is 12.3 Å². The molecule has 1 aromatic carbocycles. The van der Waals surface area contributed by atoms with E-state index in [1.165, 1.54) is 29.1 Å². The van der Waals surface area contributed by atoms with Gasteiger partial charge in [0.25, 0.3) is 10.1 Å². The van der Waals surface area contributed by atoms with Crippen LogP contribution in [0.25, 0.3) is 11.2 Å². The number of imidazole rings is 1. The second kappa shape index (κ2) is 6.69. The van der Waals surface area contributed by atoms with Crippen molar-refractivity contribution in [3.05, 3.63) is 42.5 Å². The van der Waals surface area contributed by atoms with Gasteiger partial charge in [-0.25, -0.2) is 15.0 Å². The fourth-order valence-corrected chi connectivity index (χ4v) is 4.33. The van der Waals surface area contributed by atoms with Crippen molar-refractivity contribution >= 4 is 27.1 Å². The number of nitrogens with zero attached hydrogens (tertiary/aromatic N) is 4. The molecule has 0 radical (unpaired) electrons. The van der Waals surface area contributed by atoms with Crippen LogP contribution in [0.2, 0.25) is 0 Å². The summed E-state index contributed by atoms with van der Waals surface area (Å²) in [5, 5.41) is 31.0. The number of nitrogens with two attached hydrogens (primary N) is 1. The smallest absolute Gasteiger partial charge is 0.294 e. The number of anilines is 1. The molecule has 1 saturated heterocycles. The van der Waals surface area contributed by atoms with E-state index in [-0.39, 0.29) is 22.5 Å². The van der Waals surface area contributed by atoms with Gasteiger partial charge in [-0.3, -0.25) is 9.12 Å². The maximum Gasteiger partial charge on any atom is 0.294 e. The van der Waals surface area contributed by atoms with Crippen LogP contribution >= 0.6 is 0 Å². The summed E-state index contributed by atoms with van der Waals surface area (Å²) in [6, 6.07) is 5.25. The first kappa shape index (κ1) is 19.6. The molecule has 154 valence electrons. The molecule has 2 aromatic heterocycles. The fourth-order valence-electron chi connectivity index (χ4n) is 3.59. The number of rotatable bonds is 4. The van der Waals surface area contributed by atoms with Gasteiger partial charge in [0.2, 0.25) is 5.72 Å². The molecule has 0 spiro atoms. The minimum absolute atomic E-state index is 0.0266. The highest BCUT2D eigenvalue weighted by Gasteiger charge is 2.58. The molecule has 0 bridgehead atoms. The third kappa shape index (κ3) is 2.78. The molecule has 12 nitrogen and oxygen atoms in total. The second-order valence-corrected chi connectivity index (χ2v) is 7.88. The van der Waals surface area contributed by atoms with Gasteiger partial charge in [-0.05, 0) is 6.07 Å². The van der Waals surface area contributed by atoms with Gasteiger partial charge in [0.1, 0.15) is 35.1 Å². The van der Waals surface area contributed by atoms with Crippen molar-refractivity contribution in [1.29, 1.82) is 0 Å². The number of benzene rings is 1. The molecule has 3 aromatic rings. The van der Waals surface area contributed by atoms with Gasteiger partial charge >= 0.3 is 0 Å².